The smallest absolute Gasteiger partial charge is 0.333 e. The van der Waals surface area contributed by atoms with E-state index in [1.165, 1.54) is 13.0 Å². The van der Waals surface area contributed by atoms with E-state index < -0.39 is 29.4 Å². The summed E-state index contributed by atoms with van der Waals surface area (Å²) in [5.41, 5.74) is -2.09. The number of rotatable bonds is 3. The molecule has 0 bridgehead atoms. The van der Waals surface area contributed by atoms with Crippen molar-refractivity contribution in [1.29, 1.82) is 0 Å². The molecule has 0 unspecified atom stereocenters. The standard InChI is InChI=1S/C13H22O5/c1-6-17-10(14)8(2)7-12(4)11(15)13(5,16)9(3)18-12/h7,9,11,15-16H,6H2,1-5H3/b8-7+/t9-,11-,12-,13-/m1/s1. The molecule has 104 valence electrons. The van der Waals surface area contributed by atoms with Crippen molar-refractivity contribution in [3.63, 3.8) is 0 Å². The number of carbonyl (C=O) groups excluding carboxylic acids is 1. The fourth-order valence-electron chi connectivity index (χ4n) is 2.21. The van der Waals surface area contributed by atoms with Gasteiger partial charge >= 0.3 is 5.97 Å². The first-order valence-corrected chi connectivity index (χ1v) is 6.10. The Morgan fingerprint density at radius 2 is 2.06 bits per heavy atom. The van der Waals surface area contributed by atoms with E-state index in [1.807, 2.05) is 0 Å². The molecule has 5 nitrogen and oxygen atoms in total. The third-order valence-electron chi connectivity index (χ3n) is 3.45. The van der Waals surface area contributed by atoms with Gasteiger partial charge in [-0.25, -0.2) is 4.79 Å². The Labute approximate surface area is 107 Å². The Bertz CT molecular complexity index is 360. The van der Waals surface area contributed by atoms with Crippen LogP contribution in [0.25, 0.3) is 0 Å². The zero-order valence-electron chi connectivity index (χ0n) is 11.6. The molecule has 0 saturated carbocycles. The third kappa shape index (κ3) is 2.58. The molecule has 2 N–H and O–H groups in total. The number of aliphatic hydroxyl groups is 2. The van der Waals surface area contributed by atoms with Crippen LogP contribution in [0.5, 0.6) is 0 Å². The van der Waals surface area contributed by atoms with Crippen molar-refractivity contribution in [2.24, 2.45) is 0 Å². The lowest BCUT2D eigenvalue weighted by Gasteiger charge is -2.28. The third-order valence-corrected chi connectivity index (χ3v) is 3.45. The second-order valence-electron chi connectivity index (χ2n) is 5.12. The van der Waals surface area contributed by atoms with Gasteiger partial charge in [0.25, 0.3) is 0 Å². The predicted molar refractivity (Wildman–Crippen MR) is 66.0 cm³/mol. The van der Waals surface area contributed by atoms with Crippen LogP contribution in [0.4, 0.5) is 0 Å². The van der Waals surface area contributed by atoms with Gasteiger partial charge in [-0.05, 0) is 40.7 Å². The van der Waals surface area contributed by atoms with Gasteiger partial charge in [-0.15, -0.1) is 0 Å². The summed E-state index contributed by atoms with van der Waals surface area (Å²) in [6.45, 7) is 8.44. The molecule has 1 rings (SSSR count). The quantitative estimate of drug-likeness (QED) is 0.578. The maximum absolute atomic E-state index is 11.5. The van der Waals surface area contributed by atoms with E-state index in [0.29, 0.717) is 5.57 Å². The second-order valence-corrected chi connectivity index (χ2v) is 5.12. The van der Waals surface area contributed by atoms with Gasteiger partial charge in [-0.2, -0.15) is 0 Å². The van der Waals surface area contributed by atoms with Gasteiger partial charge in [-0.3, -0.25) is 0 Å². The molecule has 0 spiro atoms. The first-order chi connectivity index (χ1) is 8.15. The summed E-state index contributed by atoms with van der Waals surface area (Å²) in [4.78, 5) is 11.5. The molecule has 0 aliphatic carbocycles. The van der Waals surface area contributed by atoms with Crippen molar-refractivity contribution in [3.8, 4) is 0 Å². The van der Waals surface area contributed by atoms with Crippen molar-refractivity contribution in [3.05, 3.63) is 11.6 Å². The molecule has 1 aliphatic heterocycles. The van der Waals surface area contributed by atoms with Crippen molar-refractivity contribution < 1.29 is 24.5 Å². The van der Waals surface area contributed by atoms with Gasteiger partial charge < -0.3 is 19.7 Å². The van der Waals surface area contributed by atoms with E-state index in [0.717, 1.165) is 0 Å². The summed E-state index contributed by atoms with van der Waals surface area (Å²) in [6, 6.07) is 0. The van der Waals surface area contributed by atoms with Crippen LogP contribution in [0.2, 0.25) is 0 Å². The number of aliphatic hydroxyl groups excluding tert-OH is 1. The van der Waals surface area contributed by atoms with Crippen LogP contribution < -0.4 is 0 Å². The summed E-state index contributed by atoms with van der Waals surface area (Å²) in [6.07, 6.45) is -0.124. The minimum Gasteiger partial charge on any atom is -0.463 e. The van der Waals surface area contributed by atoms with E-state index in [-0.39, 0.29) is 6.61 Å². The molecule has 0 aromatic rings. The average molecular weight is 258 g/mol. The number of hydrogen-bond donors (Lipinski definition) is 2. The molecule has 0 radical (unpaired) electrons. The molecule has 4 atom stereocenters. The Morgan fingerprint density at radius 3 is 2.44 bits per heavy atom. The fourth-order valence-corrected chi connectivity index (χ4v) is 2.21. The minimum atomic E-state index is -1.35. The van der Waals surface area contributed by atoms with Gasteiger partial charge in [0.2, 0.25) is 0 Å². The molecule has 1 heterocycles. The second kappa shape index (κ2) is 4.99. The molecule has 1 aliphatic rings. The monoisotopic (exact) mass is 258 g/mol. The topological polar surface area (TPSA) is 76.0 Å². The molecule has 0 aromatic heterocycles. The number of esters is 1. The normalized spacial score (nSPS) is 40.9. The van der Waals surface area contributed by atoms with Crippen LogP contribution in [0.1, 0.15) is 34.6 Å². The van der Waals surface area contributed by atoms with Crippen LogP contribution in [0.3, 0.4) is 0 Å². The Kier molecular flexibility index (Phi) is 4.20. The lowest BCUT2D eigenvalue weighted by molar-refractivity contribution is -0.138. The average Bonchev–Trinajstić information content (AvgIpc) is 2.40. The summed E-state index contributed by atoms with van der Waals surface area (Å²) in [5.74, 6) is -0.450. The highest BCUT2D eigenvalue weighted by atomic mass is 16.6. The Morgan fingerprint density at radius 1 is 1.50 bits per heavy atom. The number of ether oxygens (including phenoxy) is 2. The molecule has 18 heavy (non-hydrogen) atoms. The van der Waals surface area contributed by atoms with Crippen molar-refractivity contribution in [2.75, 3.05) is 6.61 Å². The van der Waals surface area contributed by atoms with Crippen molar-refractivity contribution in [1.82, 2.24) is 0 Å². The first-order valence-electron chi connectivity index (χ1n) is 6.10. The van der Waals surface area contributed by atoms with Crippen molar-refractivity contribution >= 4 is 5.97 Å². The summed E-state index contributed by atoms with van der Waals surface area (Å²) >= 11 is 0. The van der Waals surface area contributed by atoms with Gasteiger partial charge in [0, 0.05) is 5.57 Å². The van der Waals surface area contributed by atoms with E-state index >= 15 is 0 Å². The summed E-state index contributed by atoms with van der Waals surface area (Å²) in [7, 11) is 0. The van der Waals surface area contributed by atoms with E-state index in [2.05, 4.69) is 0 Å². The fraction of sp³-hybridized carbons (Fsp3) is 0.769. The summed E-state index contributed by atoms with van der Waals surface area (Å²) in [5, 5.41) is 20.2. The highest BCUT2D eigenvalue weighted by Crippen LogP contribution is 2.39. The number of carbonyl (C=O) groups is 1. The Balaban J connectivity index is 2.96. The lowest BCUT2D eigenvalue weighted by Crippen LogP contribution is -2.47. The number of hydrogen-bond acceptors (Lipinski definition) is 5. The van der Waals surface area contributed by atoms with Crippen LogP contribution in [-0.2, 0) is 14.3 Å². The van der Waals surface area contributed by atoms with Crippen LogP contribution in [0, 0.1) is 0 Å². The molecular weight excluding hydrogens is 236 g/mol. The van der Waals surface area contributed by atoms with Crippen LogP contribution >= 0.6 is 0 Å². The minimum absolute atomic E-state index is 0.290. The zero-order chi connectivity index (χ0) is 14.1. The van der Waals surface area contributed by atoms with Gasteiger partial charge in [0.05, 0.1) is 12.7 Å². The molecule has 5 heteroatoms. The largest absolute Gasteiger partial charge is 0.463 e. The van der Waals surface area contributed by atoms with Gasteiger partial charge in [0.1, 0.15) is 17.3 Å². The highest BCUT2D eigenvalue weighted by Gasteiger charge is 2.55. The zero-order valence-corrected chi connectivity index (χ0v) is 11.6. The van der Waals surface area contributed by atoms with Crippen LogP contribution in [0.15, 0.2) is 11.6 Å². The maximum Gasteiger partial charge on any atom is 0.333 e. The predicted octanol–water partition coefficient (Wildman–Crippen LogP) is 0.785. The van der Waals surface area contributed by atoms with E-state index in [4.69, 9.17) is 9.47 Å². The van der Waals surface area contributed by atoms with E-state index in [1.54, 1.807) is 27.7 Å². The van der Waals surface area contributed by atoms with Crippen LogP contribution in [-0.4, -0.2) is 46.2 Å². The molecule has 1 fully saturated rings. The summed E-state index contributed by atoms with van der Waals surface area (Å²) < 4.78 is 10.5. The van der Waals surface area contributed by atoms with E-state index in [9.17, 15) is 15.0 Å². The lowest BCUT2D eigenvalue weighted by atomic mass is 9.86. The van der Waals surface area contributed by atoms with Gasteiger partial charge in [0.15, 0.2) is 0 Å². The molecule has 0 aromatic carbocycles. The molecule has 0 amide bonds. The highest BCUT2D eigenvalue weighted by molar-refractivity contribution is 5.88. The molecular formula is C13H22O5. The first kappa shape index (κ1) is 15.1. The van der Waals surface area contributed by atoms with Crippen molar-refractivity contribution in [2.45, 2.75) is 58.0 Å². The molecule has 1 saturated heterocycles. The Hall–Kier alpha value is -0.910. The SMILES string of the molecule is CCOC(=O)/C(C)=C/[C@@]1(C)O[C@H](C)[C@@](C)(O)[C@@H]1O. The van der Waals surface area contributed by atoms with Gasteiger partial charge in [-0.1, -0.05) is 0 Å². The maximum atomic E-state index is 11.5.